The van der Waals surface area contributed by atoms with Gasteiger partial charge >= 0.3 is 0 Å². The molecule has 3 fully saturated rings. The zero-order valence-corrected chi connectivity index (χ0v) is 55.7. The summed E-state index contributed by atoms with van der Waals surface area (Å²) in [4.78, 5) is 33.0. The number of anilines is 6. The highest BCUT2D eigenvalue weighted by molar-refractivity contribution is 9.11. The number of fused-ring (bicyclic) bond motifs is 3. The zero-order valence-electron chi connectivity index (χ0n) is 51.0. The van der Waals surface area contributed by atoms with Gasteiger partial charge in [0.05, 0.1) is 74.8 Å². The fraction of sp³-hybridized carbons (Fsp3) is 0.364. The van der Waals surface area contributed by atoms with Crippen LogP contribution < -0.4 is 44.4 Å². The molecule has 0 radical (unpaired) electrons. The molecule has 0 unspecified atom stereocenters. The van der Waals surface area contributed by atoms with Crippen molar-refractivity contribution in [3.8, 4) is 34.5 Å². The van der Waals surface area contributed by atoms with Gasteiger partial charge < -0.3 is 59.1 Å². The number of ether oxygens (including phenoxy) is 6. The summed E-state index contributed by atoms with van der Waals surface area (Å²) < 4.78 is 79.8. The first-order chi connectivity index (χ1) is 43.6. The summed E-state index contributed by atoms with van der Waals surface area (Å²) >= 11 is 9.81. The lowest BCUT2D eigenvalue weighted by molar-refractivity contribution is 0.157. The van der Waals surface area contributed by atoms with Crippen LogP contribution in [0.1, 0.15) is 38.5 Å². The van der Waals surface area contributed by atoms with Crippen LogP contribution in [-0.2, 0) is 0 Å². The molecule has 0 saturated carbocycles. The minimum absolute atomic E-state index is 0.333. The first-order valence-electron chi connectivity index (χ1n) is 29.7. The van der Waals surface area contributed by atoms with Crippen LogP contribution in [0, 0.1) is 35.2 Å². The third-order valence-corrected chi connectivity index (χ3v) is 17.7. The van der Waals surface area contributed by atoms with Crippen LogP contribution >= 0.6 is 47.8 Å². The second-order valence-corrected chi connectivity index (χ2v) is 25.4. The molecule has 0 aliphatic carbocycles. The number of aromatic nitrogens is 6. The van der Waals surface area contributed by atoms with Gasteiger partial charge in [0.1, 0.15) is 53.9 Å². The maximum absolute atomic E-state index is 14.3. The maximum Gasteiger partial charge on any atom is 0.163 e. The van der Waals surface area contributed by atoms with Crippen molar-refractivity contribution in [1.82, 2.24) is 44.6 Å². The molecule has 0 spiro atoms. The fourth-order valence-electron chi connectivity index (χ4n) is 10.8. The summed E-state index contributed by atoms with van der Waals surface area (Å²) in [5, 5.41) is 11.3. The summed E-state index contributed by atoms with van der Waals surface area (Å²) in [7, 11) is 11.3. The van der Waals surface area contributed by atoms with Crippen LogP contribution in [0.15, 0.2) is 123 Å². The predicted molar refractivity (Wildman–Crippen MR) is 358 cm³/mol. The standard InChI is InChI=1S/3C22H24BrFN4O2/c3*1-28-7-5-14(6-8-28)12-30-21-11-19-16(10-20(21)29-2)22(26-13-25-19)27-18-4-3-15(23)9-17(18)24/h3*3-4,9-11,13-14H,5-8,12H2,1-2H3,(H,25,26,27). The zero-order chi connectivity index (χ0) is 63.3. The van der Waals surface area contributed by atoms with E-state index in [2.05, 4.69) is 129 Å². The molecule has 6 heterocycles. The average molecular weight is 1430 g/mol. The van der Waals surface area contributed by atoms with Gasteiger partial charge in [-0.2, -0.15) is 0 Å². The number of nitrogens with one attached hydrogen (secondary N) is 3. The number of halogens is 6. The van der Waals surface area contributed by atoms with E-state index in [4.69, 9.17) is 28.4 Å². The van der Waals surface area contributed by atoms with Crippen molar-refractivity contribution in [3.63, 3.8) is 0 Å². The molecule has 3 saturated heterocycles. The van der Waals surface area contributed by atoms with E-state index in [1.165, 1.54) is 37.2 Å². The molecule has 3 N–H and O–H groups in total. The molecule has 3 aliphatic rings. The molecular formula is C66H72Br3F3N12O6. The number of nitrogens with zero attached hydrogens (tertiary/aromatic N) is 9. The van der Waals surface area contributed by atoms with Crippen molar-refractivity contribution in [2.45, 2.75) is 38.5 Å². The van der Waals surface area contributed by atoms with E-state index in [1.807, 2.05) is 36.4 Å². The number of hydrogen-bond acceptors (Lipinski definition) is 18. The van der Waals surface area contributed by atoms with E-state index in [1.54, 1.807) is 57.7 Å². The van der Waals surface area contributed by atoms with Crippen molar-refractivity contribution in [1.29, 1.82) is 0 Å². The maximum atomic E-state index is 14.3. The lowest BCUT2D eigenvalue weighted by Gasteiger charge is -2.28. The molecule has 6 aromatic carbocycles. The van der Waals surface area contributed by atoms with Gasteiger partial charge in [0, 0.05) is 47.8 Å². The van der Waals surface area contributed by atoms with E-state index in [0.29, 0.717) is 137 Å². The highest BCUT2D eigenvalue weighted by Crippen LogP contribution is 2.40. The minimum Gasteiger partial charge on any atom is -0.493 e. The minimum atomic E-state index is -0.374. The fourth-order valence-corrected chi connectivity index (χ4v) is 11.8. The summed E-state index contributed by atoms with van der Waals surface area (Å²) in [6, 6.07) is 25.5. The molecule has 3 aliphatic heterocycles. The van der Waals surface area contributed by atoms with E-state index >= 15 is 0 Å². The molecule has 474 valence electrons. The van der Waals surface area contributed by atoms with Gasteiger partial charge in [-0.25, -0.2) is 43.1 Å². The SMILES string of the molecule is COc1cc2c(Nc3ccc(Br)cc3F)ncnc2cc1OCC1CCN(C)CC1.COc1cc2c(Nc3ccc(Br)cc3F)ncnc2cc1OCC1CCN(C)CC1.COc1cc2c(Nc3ccc(Br)cc3F)ncnc2cc1OCC1CCN(C)CC1. The van der Waals surface area contributed by atoms with Crippen molar-refractivity contribution in [3.05, 3.63) is 141 Å². The Morgan fingerprint density at radius 3 is 0.900 bits per heavy atom. The molecule has 12 rings (SSSR count). The number of benzene rings is 6. The third kappa shape index (κ3) is 17.2. The number of rotatable bonds is 18. The van der Waals surface area contributed by atoms with Gasteiger partial charge in [-0.1, -0.05) is 47.8 Å². The van der Waals surface area contributed by atoms with Gasteiger partial charge in [0.25, 0.3) is 0 Å². The average Bonchev–Trinajstić information content (AvgIpc) is 0.867. The van der Waals surface area contributed by atoms with Crippen LogP contribution in [0.3, 0.4) is 0 Å². The summed E-state index contributed by atoms with van der Waals surface area (Å²) in [5.74, 6) is 5.75. The van der Waals surface area contributed by atoms with E-state index in [9.17, 15) is 13.2 Å². The molecule has 18 nitrogen and oxygen atoms in total. The Balaban J connectivity index is 0.000000148. The Kier molecular flexibility index (Phi) is 22.7. The second-order valence-electron chi connectivity index (χ2n) is 22.6. The normalized spacial score (nSPS) is 15.3. The smallest absolute Gasteiger partial charge is 0.163 e. The molecule has 0 amide bonds. The lowest BCUT2D eigenvalue weighted by Crippen LogP contribution is -2.32. The van der Waals surface area contributed by atoms with Gasteiger partial charge in [0.15, 0.2) is 34.5 Å². The van der Waals surface area contributed by atoms with E-state index in [-0.39, 0.29) is 17.5 Å². The number of likely N-dealkylation sites (tertiary alicyclic amines) is 3. The molecule has 0 atom stereocenters. The molecule has 3 aromatic heterocycles. The highest BCUT2D eigenvalue weighted by Gasteiger charge is 2.23. The molecule has 90 heavy (non-hydrogen) atoms. The summed E-state index contributed by atoms with van der Waals surface area (Å²) in [6.45, 7) is 8.52. The van der Waals surface area contributed by atoms with Gasteiger partial charge in [-0.05, 0) is 189 Å². The third-order valence-electron chi connectivity index (χ3n) is 16.3. The van der Waals surface area contributed by atoms with Crippen LogP contribution in [0.25, 0.3) is 32.7 Å². The van der Waals surface area contributed by atoms with Crippen molar-refractivity contribution < 1.29 is 41.6 Å². The van der Waals surface area contributed by atoms with Crippen LogP contribution in [0.4, 0.5) is 47.7 Å². The van der Waals surface area contributed by atoms with Gasteiger partial charge in [-0.3, -0.25) is 0 Å². The highest BCUT2D eigenvalue weighted by atomic mass is 79.9. The second kappa shape index (κ2) is 31.1. The number of hydrogen-bond donors (Lipinski definition) is 3. The molecule has 24 heteroatoms. The number of methoxy groups -OCH3 is 3. The Morgan fingerprint density at radius 2 is 0.656 bits per heavy atom. The first-order valence-corrected chi connectivity index (χ1v) is 32.1. The Hall–Kier alpha value is -7.35. The van der Waals surface area contributed by atoms with Gasteiger partial charge in [0.2, 0.25) is 0 Å². The summed E-state index contributed by atoms with van der Waals surface area (Å²) in [5.41, 5.74) is 3.09. The van der Waals surface area contributed by atoms with Crippen LogP contribution in [0.2, 0.25) is 0 Å². The van der Waals surface area contributed by atoms with Crippen molar-refractivity contribution >= 4 is 115 Å². The van der Waals surface area contributed by atoms with Crippen molar-refractivity contribution in [2.75, 3.05) is 118 Å². The van der Waals surface area contributed by atoms with Gasteiger partial charge in [-0.15, -0.1) is 0 Å². The first kappa shape index (κ1) is 65.6. The van der Waals surface area contributed by atoms with E-state index in [0.717, 1.165) is 94.0 Å². The Labute approximate surface area is 547 Å². The topological polar surface area (TPSA) is 179 Å². The largest absolute Gasteiger partial charge is 0.493 e. The van der Waals surface area contributed by atoms with Crippen molar-refractivity contribution in [2.24, 2.45) is 17.8 Å². The monoisotopic (exact) mass is 1420 g/mol. The number of piperidine rings is 3. The predicted octanol–water partition coefficient (Wildman–Crippen LogP) is 15.0. The molecule has 9 aromatic rings. The van der Waals surface area contributed by atoms with Crippen LogP contribution in [-0.4, -0.2) is 146 Å². The van der Waals surface area contributed by atoms with Crippen LogP contribution in [0.5, 0.6) is 34.5 Å². The Morgan fingerprint density at radius 1 is 0.389 bits per heavy atom. The summed E-state index contributed by atoms with van der Waals surface area (Å²) in [6.07, 6.45) is 11.1. The van der Waals surface area contributed by atoms with E-state index < -0.39 is 0 Å². The molecule has 0 bridgehead atoms. The lowest BCUT2D eigenvalue weighted by atomic mass is 9.98. The Bertz CT molecular complexity index is 3520. The quantitative estimate of drug-likeness (QED) is 0.0738. The molecular weight excluding hydrogens is 1350 g/mol.